The minimum atomic E-state index is -0.926. The Morgan fingerprint density at radius 3 is 2.00 bits per heavy atom. The van der Waals surface area contributed by atoms with Gasteiger partial charge < -0.3 is 0 Å². The molecule has 3 aromatic rings. The van der Waals surface area contributed by atoms with Gasteiger partial charge in [0.15, 0.2) is 0 Å². The predicted octanol–water partition coefficient (Wildman–Crippen LogP) is 9.09. The molecule has 0 aromatic heterocycles. The van der Waals surface area contributed by atoms with E-state index in [4.69, 9.17) is 69.6 Å². The molecule has 0 fully saturated rings. The molecule has 26 heavy (non-hydrogen) atoms. The molecule has 6 heteroatoms. The Morgan fingerprint density at radius 2 is 1.38 bits per heavy atom. The average Bonchev–Trinajstić information content (AvgIpc) is 2.62. The van der Waals surface area contributed by atoms with Gasteiger partial charge >= 0.3 is 0 Å². The van der Waals surface area contributed by atoms with Gasteiger partial charge in [-0.1, -0.05) is 118 Å². The number of rotatable bonds is 2. The van der Waals surface area contributed by atoms with Gasteiger partial charge in [0.2, 0.25) is 0 Å². The van der Waals surface area contributed by atoms with Crippen molar-refractivity contribution < 1.29 is 0 Å². The molecule has 1 aliphatic carbocycles. The third kappa shape index (κ3) is 2.83. The second-order valence-electron chi connectivity index (χ2n) is 6.01. The largest absolute Gasteiger partial charge is 0.135 e. The lowest BCUT2D eigenvalue weighted by atomic mass is 9.82. The van der Waals surface area contributed by atoms with Gasteiger partial charge in [0.25, 0.3) is 0 Å². The standard InChI is InChI=1S/C20H10Cl6/c21-16-14(17(22)19(24)15(18(16)23)20(25)26)12-8-7-10-4-1-3-9-5-2-6-11(12)13(9)10/h1-8,12,20H. The van der Waals surface area contributed by atoms with Crippen LogP contribution in [0, 0.1) is 0 Å². The van der Waals surface area contributed by atoms with Crippen LogP contribution in [-0.4, -0.2) is 0 Å². The molecule has 132 valence electrons. The van der Waals surface area contributed by atoms with E-state index >= 15 is 0 Å². The first-order valence-corrected chi connectivity index (χ1v) is 10.1. The maximum Gasteiger partial charge on any atom is 0.135 e. The number of hydrogen-bond acceptors (Lipinski definition) is 0. The molecule has 0 saturated carbocycles. The van der Waals surface area contributed by atoms with Crippen molar-refractivity contribution in [2.24, 2.45) is 0 Å². The monoisotopic (exact) mass is 460 g/mol. The molecule has 0 spiro atoms. The van der Waals surface area contributed by atoms with Crippen LogP contribution in [0.25, 0.3) is 16.8 Å². The molecule has 0 bridgehead atoms. The van der Waals surface area contributed by atoms with Gasteiger partial charge in [-0.3, -0.25) is 0 Å². The summed E-state index contributed by atoms with van der Waals surface area (Å²) in [6, 6.07) is 12.4. The summed E-state index contributed by atoms with van der Waals surface area (Å²) in [4.78, 5) is -0.926. The topological polar surface area (TPSA) is 0 Å². The van der Waals surface area contributed by atoms with E-state index < -0.39 is 4.84 Å². The third-order valence-electron chi connectivity index (χ3n) is 4.63. The molecule has 0 saturated heterocycles. The Bertz CT molecular complexity index is 1030. The maximum absolute atomic E-state index is 6.59. The van der Waals surface area contributed by atoms with Crippen molar-refractivity contribution >= 4 is 86.5 Å². The summed E-state index contributed by atoms with van der Waals surface area (Å²) in [5.74, 6) is -0.179. The van der Waals surface area contributed by atoms with E-state index in [0.717, 1.165) is 16.5 Å². The number of halogens is 6. The third-order valence-corrected chi connectivity index (χ3v) is 6.83. The molecular formula is C20H10Cl6. The maximum atomic E-state index is 6.59. The van der Waals surface area contributed by atoms with Crippen LogP contribution in [-0.2, 0) is 0 Å². The summed E-state index contributed by atoms with van der Waals surface area (Å²) in [6.07, 6.45) is 4.11. The highest BCUT2D eigenvalue weighted by molar-refractivity contribution is 6.52. The van der Waals surface area contributed by atoms with Crippen LogP contribution in [0.5, 0.6) is 0 Å². The van der Waals surface area contributed by atoms with Crippen molar-refractivity contribution in [2.75, 3.05) is 0 Å². The van der Waals surface area contributed by atoms with Gasteiger partial charge in [-0.25, -0.2) is 0 Å². The highest BCUT2D eigenvalue weighted by atomic mass is 35.5. The van der Waals surface area contributed by atoms with Gasteiger partial charge in [0.1, 0.15) is 4.84 Å². The second kappa shape index (κ2) is 7.09. The lowest BCUT2D eigenvalue weighted by Crippen LogP contribution is -2.06. The fourth-order valence-corrected chi connectivity index (χ4v) is 5.48. The first kappa shape index (κ1) is 18.7. The molecule has 4 rings (SSSR count). The van der Waals surface area contributed by atoms with E-state index in [0.29, 0.717) is 21.2 Å². The van der Waals surface area contributed by atoms with Crippen LogP contribution >= 0.6 is 69.6 Å². The molecule has 0 aliphatic heterocycles. The second-order valence-corrected chi connectivity index (χ2v) is 8.62. The summed E-state index contributed by atoms with van der Waals surface area (Å²) in [5, 5.41) is 3.40. The van der Waals surface area contributed by atoms with Crippen molar-refractivity contribution in [3.8, 4) is 0 Å². The molecule has 0 N–H and O–H groups in total. The Hall–Kier alpha value is -0.600. The average molecular weight is 463 g/mol. The van der Waals surface area contributed by atoms with Crippen molar-refractivity contribution in [3.63, 3.8) is 0 Å². The molecule has 0 heterocycles. The van der Waals surface area contributed by atoms with Crippen molar-refractivity contribution in [1.82, 2.24) is 0 Å². The fraction of sp³-hybridized carbons (Fsp3) is 0.100. The molecule has 0 radical (unpaired) electrons. The predicted molar refractivity (Wildman–Crippen MR) is 116 cm³/mol. The lowest BCUT2D eigenvalue weighted by Gasteiger charge is -2.25. The van der Waals surface area contributed by atoms with Crippen molar-refractivity contribution in [3.05, 3.63) is 84.8 Å². The molecular weight excluding hydrogens is 453 g/mol. The highest BCUT2D eigenvalue weighted by Crippen LogP contribution is 2.51. The Kier molecular flexibility index (Phi) is 5.11. The van der Waals surface area contributed by atoms with Crippen LogP contribution in [0.2, 0.25) is 20.1 Å². The van der Waals surface area contributed by atoms with Gasteiger partial charge in [-0.2, -0.15) is 0 Å². The number of hydrogen-bond donors (Lipinski definition) is 0. The van der Waals surface area contributed by atoms with Gasteiger partial charge in [-0.05, 0) is 21.9 Å². The quantitative estimate of drug-likeness (QED) is 0.263. The molecule has 1 atom stereocenters. The number of alkyl halides is 2. The lowest BCUT2D eigenvalue weighted by molar-refractivity contribution is 1.04. The Balaban J connectivity index is 2.02. The van der Waals surface area contributed by atoms with Crippen LogP contribution in [0.3, 0.4) is 0 Å². The van der Waals surface area contributed by atoms with E-state index in [-0.39, 0.29) is 16.0 Å². The molecule has 0 nitrogen and oxygen atoms in total. The molecule has 3 aromatic carbocycles. The van der Waals surface area contributed by atoms with Gasteiger partial charge in [0, 0.05) is 17.0 Å². The zero-order valence-corrected chi connectivity index (χ0v) is 17.6. The number of allylic oxidation sites excluding steroid dienone is 1. The number of benzene rings is 3. The summed E-state index contributed by atoms with van der Waals surface area (Å²) < 4.78 is 0. The highest BCUT2D eigenvalue weighted by Gasteiger charge is 2.29. The van der Waals surface area contributed by atoms with Crippen LogP contribution in [0.1, 0.15) is 33.0 Å². The fourth-order valence-electron chi connectivity index (χ4n) is 3.48. The Labute approximate surface area is 181 Å². The summed E-state index contributed by atoms with van der Waals surface area (Å²) in [6.45, 7) is 0. The van der Waals surface area contributed by atoms with Gasteiger partial charge in [-0.15, -0.1) is 0 Å². The first-order chi connectivity index (χ1) is 12.4. The van der Waals surface area contributed by atoms with Crippen LogP contribution in [0.15, 0.2) is 42.5 Å². The minimum absolute atomic E-state index is 0.179. The first-order valence-electron chi connectivity index (χ1n) is 7.75. The smallest absolute Gasteiger partial charge is 0.0999 e. The minimum Gasteiger partial charge on any atom is -0.0999 e. The van der Waals surface area contributed by atoms with E-state index in [9.17, 15) is 0 Å². The van der Waals surface area contributed by atoms with Crippen LogP contribution in [0.4, 0.5) is 0 Å². The van der Waals surface area contributed by atoms with E-state index in [1.807, 2.05) is 12.1 Å². The zero-order valence-electron chi connectivity index (χ0n) is 13.0. The zero-order chi connectivity index (χ0) is 18.6. The van der Waals surface area contributed by atoms with Gasteiger partial charge in [0.05, 0.1) is 20.1 Å². The molecule has 0 amide bonds. The summed E-state index contributed by atoms with van der Waals surface area (Å²) in [7, 11) is 0. The van der Waals surface area contributed by atoms with E-state index in [1.165, 1.54) is 5.39 Å². The summed E-state index contributed by atoms with van der Waals surface area (Å²) in [5.41, 5.74) is 3.22. The Morgan fingerprint density at radius 1 is 0.769 bits per heavy atom. The summed E-state index contributed by atoms with van der Waals surface area (Å²) >= 11 is 38.0. The van der Waals surface area contributed by atoms with E-state index in [2.05, 4.69) is 36.4 Å². The van der Waals surface area contributed by atoms with Crippen molar-refractivity contribution in [1.29, 1.82) is 0 Å². The normalized spacial score (nSPS) is 15.9. The van der Waals surface area contributed by atoms with E-state index in [1.54, 1.807) is 0 Å². The molecule has 1 aliphatic rings. The van der Waals surface area contributed by atoms with Crippen LogP contribution < -0.4 is 0 Å². The molecule has 1 unspecified atom stereocenters. The SMILES string of the molecule is Clc1c(Cl)c(C2C=Cc3cccc4cccc2c34)c(Cl)c(Cl)c1C(Cl)Cl. The van der Waals surface area contributed by atoms with Crippen molar-refractivity contribution in [2.45, 2.75) is 10.8 Å².